The summed E-state index contributed by atoms with van der Waals surface area (Å²) in [6, 6.07) is 12.4. The SMILES string of the molecule is CC(C)c1ccc(C(=O)NNC(=O)c2cn(C)c3ccccc23)c(O)c1. The number of nitrogens with one attached hydrogen (secondary N) is 2. The normalized spacial score (nSPS) is 10.9. The smallest absolute Gasteiger partial charge is 0.273 e. The van der Waals surface area contributed by atoms with Crippen LogP contribution < -0.4 is 10.9 Å². The summed E-state index contributed by atoms with van der Waals surface area (Å²) in [5.41, 5.74) is 7.17. The second-order valence-electron chi connectivity index (χ2n) is 6.51. The van der Waals surface area contributed by atoms with Gasteiger partial charge in [-0.2, -0.15) is 0 Å². The number of para-hydroxylation sites is 1. The maximum absolute atomic E-state index is 12.4. The molecule has 1 aromatic heterocycles. The Hall–Kier alpha value is -3.28. The van der Waals surface area contributed by atoms with Gasteiger partial charge in [0.05, 0.1) is 11.1 Å². The zero-order valence-electron chi connectivity index (χ0n) is 14.9. The molecular weight excluding hydrogens is 330 g/mol. The summed E-state index contributed by atoms with van der Waals surface area (Å²) in [5.74, 6) is -0.878. The number of phenols is 1. The Kier molecular flexibility index (Phi) is 4.67. The van der Waals surface area contributed by atoms with Crippen LogP contribution in [0.4, 0.5) is 0 Å². The molecule has 1 heterocycles. The van der Waals surface area contributed by atoms with Gasteiger partial charge in [0.1, 0.15) is 5.75 Å². The molecule has 3 N–H and O–H groups in total. The molecular formula is C20H21N3O3. The monoisotopic (exact) mass is 351 g/mol. The number of hydrazine groups is 1. The van der Waals surface area contributed by atoms with Crippen molar-refractivity contribution in [1.29, 1.82) is 0 Å². The second kappa shape index (κ2) is 6.92. The molecule has 0 saturated carbocycles. The van der Waals surface area contributed by atoms with E-state index in [1.807, 2.05) is 49.7 Å². The van der Waals surface area contributed by atoms with Gasteiger partial charge in [0.15, 0.2) is 0 Å². The van der Waals surface area contributed by atoms with E-state index >= 15 is 0 Å². The highest BCUT2D eigenvalue weighted by molar-refractivity contribution is 6.08. The average molecular weight is 351 g/mol. The Morgan fingerprint density at radius 3 is 2.31 bits per heavy atom. The van der Waals surface area contributed by atoms with E-state index in [9.17, 15) is 14.7 Å². The molecule has 0 fully saturated rings. The van der Waals surface area contributed by atoms with Gasteiger partial charge in [-0.15, -0.1) is 0 Å². The van der Waals surface area contributed by atoms with Crippen molar-refractivity contribution in [2.24, 2.45) is 7.05 Å². The topological polar surface area (TPSA) is 83.4 Å². The Labute approximate surface area is 151 Å². The summed E-state index contributed by atoms with van der Waals surface area (Å²) >= 11 is 0. The Morgan fingerprint density at radius 2 is 1.65 bits per heavy atom. The van der Waals surface area contributed by atoms with Crippen molar-refractivity contribution in [3.05, 3.63) is 65.4 Å². The summed E-state index contributed by atoms with van der Waals surface area (Å²) in [7, 11) is 1.85. The minimum absolute atomic E-state index is 0.104. The molecule has 0 unspecified atom stereocenters. The second-order valence-corrected chi connectivity index (χ2v) is 6.51. The highest BCUT2D eigenvalue weighted by Gasteiger charge is 2.16. The molecule has 0 spiro atoms. The first-order valence-electron chi connectivity index (χ1n) is 8.36. The molecule has 0 aliphatic rings. The fourth-order valence-electron chi connectivity index (χ4n) is 2.87. The van der Waals surface area contributed by atoms with Crippen molar-refractivity contribution in [3.8, 4) is 5.75 Å². The molecule has 26 heavy (non-hydrogen) atoms. The average Bonchev–Trinajstić information content (AvgIpc) is 2.96. The molecule has 0 aliphatic heterocycles. The molecule has 0 aliphatic carbocycles. The quantitative estimate of drug-likeness (QED) is 0.634. The van der Waals surface area contributed by atoms with Crippen LogP contribution >= 0.6 is 0 Å². The molecule has 2 aromatic carbocycles. The largest absolute Gasteiger partial charge is 0.507 e. The van der Waals surface area contributed by atoms with Crippen LogP contribution in [0, 0.1) is 0 Å². The van der Waals surface area contributed by atoms with Crippen LogP contribution in [0.25, 0.3) is 10.9 Å². The van der Waals surface area contributed by atoms with E-state index in [0.717, 1.165) is 16.5 Å². The number of aryl methyl sites for hydroxylation is 1. The highest BCUT2D eigenvalue weighted by Crippen LogP contribution is 2.23. The van der Waals surface area contributed by atoms with Gasteiger partial charge in [0, 0.05) is 24.1 Å². The predicted octanol–water partition coefficient (Wildman–Crippen LogP) is 3.08. The van der Waals surface area contributed by atoms with E-state index in [2.05, 4.69) is 10.9 Å². The third kappa shape index (κ3) is 3.26. The van der Waals surface area contributed by atoms with Crippen LogP contribution in [-0.4, -0.2) is 21.5 Å². The summed E-state index contributed by atoms with van der Waals surface area (Å²) in [5, 5.41) is 10.9. The van der Waals surface area contributed by atoms with Gasteiger partial charge in [0.25, 0.3) is 11.8 Å². The Bertz CT molecular complexity index is 989. The first-order chi connectivity index (χ1) is 12.4. The number of nitrogens with zero attached hydrogens (tertiary/aromatic N) is 1. The van der Waals surface area contributed by atoms with Crippen molar-refractivity contribution in [2.45, 2.75) is 19.8 Å². The van der Waals surface area contributed by atoms with Gasteiger partial charge in [-0.1, -0.05) is 38.1 Å². The van der Waals surface area contributed by atoms with Gasteiger partial charge in [0.2, 0.25) is 0 Å². The van der Waals surface area contributed by atoms with Crippen LogP contribution in [0.15, 0.2) is 48.7 Å². The molecule has 0 saturated heterocycles. The minimum Gasteiger partial charge on any atom is -0.507 e. The number of phenolic OH excluding ortho intramolecular Hbond substituents is 1. The predicted molar refractivity (Wildman–Crippen MR) is 100 cm³/mol. The van der Waals surface area contributed by atoms with Crippen molar-refractivity contribution in [3.63, 3.8) is 0 Å². The standard InChI is InChI=1S/C20H21N3O3/c1-12(2)13-8-9-15(18(24)10-13)19(25)21-22-20(26)16-11-23(3)17-7-5-4-6-14(16)17/h4-12,24H,1-3H3,(H,21,25)(H,22,26). The van der Waals surface area contributed by atoms with Crippen LogP contribution in [-0.2, 0) is 7.05 Å². The number of hydrogen-bond acceptors (Lipinski definition) is 3. The van der Waals surface area contributed by atoms with Crippen molar-refractivity contribution in [1.82, 2.24) is 15.4 Å². The molecule has 134 valence electrons. The zero-order chi connectivity index (χ0) is 18.8. The molecule has 2 amide bonds. The van der Waals surface area contributed by atoms with Crippen LogP contribution in [0.3, 0.4) is 0 Å². The molecule has 0 atom stereocenters. The van der Waals surface area contributed by atoms with Gasteiger partial charge in [-0.3, -0.25) is 20.4 Å². The third-order valence-electron chi connectivity index (χ3n) is 4.36. The maximum atomic E-state index is 12.4. The van der Waals surface area contributed by atoms with Crippen molar-refractivity contribution < 1.29 is 14.7 Å². The highest BCUT2D eigenvalue weighted by atomic mass is 16.3. The lowest BCUT2D eigenvalue weighted by molar-refractivity contribution is 0.0846. The van der Waals surface area contributed by atoms with Gasteiger partial charge in [-0.05, 0) is 29.7 Å². The van der Waals surface area contributed by atoms with Gasteiger partial charge < -0.3 is 9.67 Å². The summed E-state index contributed by atoms with van der Waals surface area (Å²) < 4.78 is 1.85. The van der Waals surface area contributed by atoms with Crippen molar-refractivity contribution >= 4 is 22.7 Å². The van der Waals surface area contributed by atoms with E-state index in [0.29, 0.717) is 5.56 Å². The van der Waals surface area contributed by atoms with Crippen LogP contribution in [0.2, 0.25) is 0 Å². The van der Waals surface area contributed by atoms with Gasteiger partial charge in [-0.25, -0.2) is 0 Å². The first-order valence-corrected chi connectivity index (χ1v) is 8.36. The molecule has 3 rings (SSSR count). The van der Waals surface area contributed by atoms with E-state index in [1.165, 1.54) is 0 Å². The number of aromatic nitrogens is 1. The van der Waals surface area contributed by atoms with E-state index < -0.39 is 11.8 Å². The number of aromatic hydroxyl groups is 1. The maximum Gasteiger partial charge on any atom is 0.273 e. The van der Waals surface area contributed by atoms with Crippen LogP contribution in [0.1, 0.15) is 46.0 Å². The van der Waals surface area contributed by atoms with E-state index in [4.69, 9.17) is 0 Å². The lowest BCUT2D eigenvalue weighted by Crippen LogP contribution is -2.41. The number of fused-ring (bicyclic) bond motifs is 1. The fraction of sp³-hybridized carbons (Fsp3) is 0.200. The van der Waals surface area contributed by atoms with Gasteiger partial charge >= 0.3 is 0 Å². The molecule has 6 heteroatoms. The fourth-order valence-corrected chi connectivity index (χ4v) is 2.87. The van der Waals surface area contributed by atoms with Crippen LogP contribution in [0.5, 0.6) is 5.75 Å². The third-order valence-corrected chi connectivity index (χ3v) is 4.36. The molecule has 6 nitrogen and oxygen atoms in total. The summed E-state index contributed by atoms with van der Waals surface area (Å²) in [6.45, 7) is 4.00. The molecule has 3 aromatic rings. The lowest BCUT2D eigenvalue weighted by Gasteiger charge is -2.11. The number of carbonyl (C=O) groups is 2. The number of carbonyl (C=O) groups excluding carboxylic acids is 2. The Balaban J connectivity index is 1.74. The lowest BCUT2D eigenvalue weighted by atomic mass is 10.0. The summed E-state index contributed by atoms with van der Waals surface area (Å²) in [6.07, 6.45) is 1.71. The molecule has 0 bridgehead atoms. The number of benzene rings is 2. The summed E-state index contributed by atoms with van der Waals surface area (Å²) in [4.78, 5) is 24.7. The number of amides is 2. The molecule has 0 radical (unpaired) electrons. The van der Waals surface area contributed by atoms with E-state index in [-0.39, 0.29) is 17.2 Å². The first kappa shape index (κ1) is 17.5. The Morgan fingerprint density at radius 1 is 1.00 bits per heavy atom. The minimum atomic E-state index is -0.577. The van der Waals surface area contributed by atoms with Crippen molar-refractivity contribution in [2.75, 3.05) is 0 Å². The number of rotatable bonds is 3. The van der Waals surface area contributed by atoms with E-state index in [1.54, 1.807) is 24.4 Å². The zero-order valence-corrected chi connectivity index (χ0v) is 14.9. The number of hydrogen-bond donors (Lipinski definition) is 3.